The summed E-state index contributed by atoms with van der Waals surface area (Å²) in [4.78, 5) is 37.6. The monoisotopic (exact) mass is 372 g/mol. The molecule has 1 aliphatic carbocycles. The Bertz CT molecular complexity index is 684. The molecule has 0 spiro atoms. The van der Waals surface area contributed by atoms with Crippen molar-refractivity contribution in [1.29, 1.82) is 0 Å². The van der Waals surface area contributed by atoms with Gasteiger partial charge < -0.3 is 15.0 Å². The van der Waals surface area contributed by atoms with Crippen molar-refractivity contribution in [2.24, 2.45) is 5.92 Å². The van der Waals surface area contributed by atoms with Crippen molar-refractivity contribution >= 4 is 23.5 Å². The summed E-state index contributed by atoms with van der Waals surface area (Å²) in [6.07, 6.45) is 7.09. The molecule has 0 unspecified atom stereocenters. The van der Waals surface area contributed by atoms with Gasteiger partial charge in [-0.1, -0.05) is 25.0 Å². The first kappa shape index (κ1) is 19.4. The lowest BCUT2D eigenvalue weighted by Gasteiger charge is -2.44. The molecular weight excluding hydrogens is 344 g/mol. The van der Waals surface area contributed by atoms with E-state index in [0.29, 0.717) is 17.6 Å². The van der Waals surface area contributed by atoms with E-state index in [2.05, 4.69) is 5.32 Å². The number of piperidine rings is 1. The fraction of sp³-hybridized carbons (Fsp3) is 0.571. The van der Waals surface area contributed by atoms with E-state index < -0.39 is 5.97 Å². The number of rotatable bonds is 5. The average Bonchev–Trinajstić information content (AvgIpc) is 2.67. The summed E-state index contributed by atoms with van der Waals surface area (Å²) in [5.74, 6) is 0.00153. The maximum atomic E-state index is 12.6. The minimum absolute atomic E-state index is 0.0686. The number of nitrogens with zero attached hydrogens (tertiary/aromatic N) is 1. The van der Waals surface area contributed by atoms with Gasteiger partial charge >= 0.3 is 5.97 Å². The molecule has 6 heteroatoms. The second kappa shape index (κ2) is 9.02. The van der Waals surface area contributed by atoms with Gasteiger partial charge in [-0.3, -0.25) is 14.4 Å². The summed E-state index contributed by atoms with van der Waals surface area (Å²) >= 11 is 0. The molecule has 1 saturated carbocycles. The largest absolute Gasteiger partial charge is 0.455 e. The van der Waals surface area contributed by atoms with Crippen LogP contribution in [0.15, 0.2) is 24.3 Å². The molecule has 1 heterocycles. The molecule has 2 aliphatic rings. The predicted molar refractivity (Wildman–Crippen MR) is 102 cm³/mol. The number of carbonyl (C=O) groups is 3. The summed E-state index contributed by atoms with van der Waals surface area (Å²) in [5.41, 5.74) is 1.47. The van der Waals surface area contributed by atoms with Gasteiger partial charge in [0, 0.05) is 25.2 Å². The molecule has 2 amide bonds. The number of fused-ring (bicyclic) bond motifs is 1. The van der Waals surface area contributed by atoms with Gasteiger partial charge in [-0.2, -0.15) is 0 Å². The highest BCUT2D eigenvalue weighted by molar-refractivity contribution is 5.88. The molecule has 2 atom stereocenters. The van der Waals surface area contributed by atoms with E-state index in [0.717, 1.165) is 24.9 Å². The first-order valence-electron chi connectivity index (χ1n) is 9.84. The molecule has 1 N–H and O–H groups in total. The first-order valence-corrected chi connectivity index (χ1v) is 9.84. The summed E-state index contributed by atoms with van der Waals surface area (Å²) in [7, 11) is 0. The zero-order chi connectivity index (χ0) is 19.2. The number of likely N-dealkylation sites (tertiary alicyclic amines) is 1. The van der Waals surface area contributed by atoms with E-state index in [4.69, 9.17) is 4.74 Å². The van der Waals surface area contributed by atoms with Gasteiger partial charge in [-0.25, -0.2) is 0 Å². The number of esters is 1. The van der Waals surface area contributed by atoms with Crippen molar-refractivity contribution in [3.8, 4) is 0 Å². The fourth-order valence-electron chi connectivity index (χ4n) is 4.29. The minimum atomic E-state index is -0.409. The van der Waals surface area contributed by atoms with Crippen LogP contribution in [0.5, 0.6) is 0 Å². The standard InChI is InChI=1S/C21H28N2O4/c1-15(24)22-18-10-8-16(9-11-18)13-21(26)27-14-20(25)23-12-4-6-17-5-2-3-7-19(17)23/h8-11,17,19H,2-7,12-14H2,1H3,(H,22,24)/t17-,19+/m1/s1. The molecular formula is C21H28N2O4. The van der Waals surface area contributed by atoms with Gasteiger partial charge in [0.15, 0.2) is 6.61 Å². The lowest BCUT2D eigenvalue weighted by molar-refractivity contribution is -0.154. The Morgan fingerprint density at radius 1 is 1.07 bits per heavy atom. The van der Waals surface area contributed by atoms with E-state index in [-0.39, 0.29) is 24.8 Å². The molecule has 0 aromatic heterocycles. The van der Waals surface area contributed by atoms with Crippen molar-refractivity contribution in [1.82, 2.24) is 4.90 Å². The highest BCUT2D eigenvalue weighted by Gasteiger charge is 2.35. The first-order chi connectivity index (χ1) is 13.0. The van der Waals surface area contributed by atoms with Crippen LogP contribution in [0, 0.1) is 5.92 Å². The van der Waals surface area contributed by atoms with Crippen LogP contribution in [0.4, 0.5) is 5.69 Å². The second-order valence-electron chi connectivity index (χ2n) is 7.56. The fourth-order valence-corrected chi connectivity index (χ4v) is 4.29. The quantitative estimate of drug-likeness (QED) is 0.807. The average molecular weight is 372 g/mol. The summed E-state index contributed by atoms with van der Waals surface area (Å²) in [6.45, 7) is 2.05. The lowest BCUT2D eigenvalue weighted by atomic mass is 9.78. The van der Waals surface area contributed by atoms with Gasteiger partial charge in [-0.05, 0) is 49.3 Å². The van der Waals surface area contributed by atoms with Crippen molar-refractivity contribution in [3.05, 3.63) is 29.8 Å². The van der Waals surface area contributed by atoms with Gasteiger partial charge in [0.25, 0.3) is 5.91 Å². The van der Waals surface area contributed by atoms with Gasteiger partial charge in [-0.15, -0.1) is 0 Å². The maximum absolute atomic E-state index is 12.6. The molecule has 6 nitrogen and oxygen atoms in total. The van der Waals surface area contributed by atoms with Crippen molar-refractivity contribution in [2.75, 3.05) is 18.5 Å². The van der Waals surface area contributed by atoms with E-state index in [1.165, 1.54) is 32.6 Å². The number of hydrogen-bond donors (Lipinski definition) is 1. The molecule has 1 aromatic carbocycles. The van der Waals surface area contributed by atoms with Crippen LogP contribution in [0.2, 0.25) is 0 Å². The van der Waals surface area contributed by atoms with Crippen LogP contribution in [-0.2, 0) is 25.5 Å². The summed E-state index contributed by atoms with van der Waals surface area (Å²) in [6, 6.07) is 7.36. The topological polar surface area (TPSA) is 75.7 Å². The third-order valence-electron chi connectivity index (χ3n) is 5.54. The normalized spacial score (nSPS) is 21.9. The highest BCUT2D eigenvalue weighted by Crippen LogP contribution is 2.35. The van der Waals surface area contributed by atoms with Gasteiger partial charge in [0.1, 0.15) is 0 Å². The van der Waals surface area contributed by atoms with Crippen LogP contribution in [-0.4, -0.2) is 41.9 Å². The number of carbonyl (C=O) groups excluding carboxylic acids is 3. The van der Waals surface area contributed by atoms with Crippen LogP contribution in [0.25, 0.3) is 0 Å². The molecule has 0 bridgehead atoms. The van der Waals surface area contributed by atoms with Crippen LogP contribution >= 0.6 is 0 Å². The smallest absolute Gasteiger partial charge is 0.310 e. The van der Waals surface area contributed by atoms with E-state index in [9.17, 15) is 14.4 Å². The Labute approximate surface area is 160 Å². The van der Waals surface area contributed by atoms with Crippen LogP contribution < -0.4 is 5.32 Å². The van der Waals surface area contributed by atoms with Gasteiger partial charge in [0.05, 0.1) is 6.42 Å². The molecule has 2 fully saturated rings. The molecule has 1 aliphatic heterocycles. The Balaban J connectivity index is 1.47. The Hall–Kier alpha value is -2.37. The third kappa shape index (κ3) is 5.31. The van der Waals surface area contributed by atoms with Gasteiger partial charge in [0.2, 0.25) is 5.91 Å². The van der Waals surface area contributed by atoms with Crippen molar-refractivity contribution in [3.63, 3.8) is 0 Å². The summed E-state index contributed by atoms with van der Waals surface area (Å²) in [5, 5.41) is 2.68. The molecule has 3 rings (SSSR count). The second-order valence-corrected chi connectivity index (χ2v) is 7.56. The number of nitrogens with one attached hydrogen (secondary N) is 1. The van der Waals surface area contributed by atoms with Crippen LogP contribution in [0.1, 0.15) is 51.0 Å². The maximum Gasteiger partial charge on any atom is 0.310 e. The summed E-state index contributed by atoms with van der Waals surface area (Å²) < 4.78 is 5.24. The number of hydrogen-bond acceptors (Lipinski definition) is 4. The molecule has 1 aromatic rings. The number of ether oxygens (including phenoxy) is 1. The third-order valence-corrected chi connectivity index (χ3v) is 5.54. The van der Waals surface area contributed by atoms with E-state index in [1.54, 1.807) is 24.3 Å². The molecule has 1 saturated heterocycles. The van der Waals surface area contributed by atoms with E-state index in [1.807, 2.05) is 4.90 Å². The van der Waals surface area contributed by atoms with Crippen molar-refractivity contribution in [2.45, 2.75) is 57.9 Å². The van der Waals surface area contributed by atoms with Crippen molar-refractivity contribution < 1.29 is 19.1 Å². The SMILES string of the molecule is CC(=O)Nc1ccc(CC(=O)OCC(=O)N2CCC[C@H]3CCCC[C@@H]32)cc1. The van der Waals surface area contributed by atoms with Crippen LogP contribution in [0.3, 0.4) is 0 Å². The Kier molecular flexibility index (Phi) is 6.48. The molecule has 146 valence electrons. The Morgan fingerprint density at radius 2 is 1.78 bits per heavy atom. The zero-order valence-electron chi connectivity index (χ0n) is 15.9. The number of benzene rings is 1. The highest BCUT2D eigenvalue weighted by atomic mass is 16.5. The molecule has 0 radical (unpaired) electrons. The number of anilines is 1. The number of amides is 2. The molecule has 27 heavy (non-hydrogen) atoms. The van der Waals surface area contributed by atoms with E-state index >= 15 is 0 Å². The minimum Gasteiger partial charge on any atom is -0.455 e. The lowest BCUT2D eigenvalue weighted by Crippen LogP contribution is -2.50. The predicted octanol–water partition coefficient (Wildman–Crippen LogP) is 2.91. The Morgan fingerprint density at radius 3 is 2.52 bits per heavy atom. The zero-order valence-corrected chi connectivity index (χ0v) is 15.9.